The Morgan fingerprint density at radius 3 is 2.14 bits per heavy atom. The number of hydrogen-bond acceptors (Lipinski definition) is 2. The molecule has 0 aliphatic carbocycles. The predicted molar refractivity (Wildman–Crippen MR) is 130 cm³/mol. The average Bonchev–Trinajstić information content (AvgIpc) is 2.85. The Hall–Kier alpha value is -3.48. The number of halogens is 5. The first-order valence-electron chi connectivity index (χ1n) is 11.9. The number of nitrogens with zero attached hydrogens (tertiary/aromatic N) is 1. The summed E-state index contributed by atoms with van der Waals surface area (Å²) in [5, 5.41) is 1.24. The first-order chi connectivity index (χ1) is 17.3. The highest BCUT2D eigenvalue weighted by molar-refractivity contribution is 5.84. The molecule has 7 heteroatoms. The molecule has 0 unspecified atom stereocenters. The van der Waals surface area contributed by atoms with Gasteiger partial charge in [-0.1, -0.05) is 49.7 Å². The van der Waals surface area contributed by atoms with E-state index in [2.05, 4.69) is 28.8 Å². The number of benzene rings is 3. The second-order valence-electron chi connectivity index (χ2n) is 8.77. The molecule has 0 saturated carbocycles. The summed E-state index contributed by atoms with van der Waals surface area (Å²) >= 11 is 0. The third-order valence-corrected chi connectivity index (χ3v) is 6.14. The fourth-order valence-corrected chi connectivity index (χ4v) is 4.28. The molecule has 3 aromatic carbocycles. The Bertz CT molecular complexity index is 1310. The Kier molecular flexibility index (Phi) is 8.18. The van der Waals surface area contributed by atoms with Crippen LogP contribution in [0.3, 0.4) is 0 Å². The van der Waals surface area contributed by atoms with Gasteiger partial charge >= 0.3 is 6.61 Å². The van der Waals surface area contributed by atoms with Gasteiger partial charge in [-0.05, 0) is 77.9 Å². The van der Waals surface area contributed by atoms with E-state index in [0.29, 0.717) is 10.9 Å². The van der Waals surface area contributed by atoms with Crippen LogP contribution in [0.1, 0.15) is 41.3 Å². The second-order valence-corrected chi connectivity index (χ2v) is 8.77. The highest BCUT2D eigenvalue weighted by Gasteiger charge is 2.17. The summed E-state index contributed by atoms with van der Waals surface area (Å²) in [6.45, 7) is -1.20. The molecule has 2 nitrogen and oxygen atoms in total. The Morgan fingerprint density at radius 1 is 0.750 bits per heavy atom. The van der Waals surface area contributed by atoms with Crippen molar-refractivity contribution in [3.05, 3.63) is 106 Å². The number of alkyl halides is 2. The third-order valence-electron chi connectivity index (χ3n) is 6.14. The summed E-state index contributed by atoms with van der Waals surface area (Å²) in [5.41, 5.74) is 3.94. The van der Waals surface area contributed by atoms with Crippen LogP contribution in [0.25, 0.3) is 10.8 Å². The number of aromatic nitrogens is 1. The van der Waals surface area contributed by atoms with Gasteiger partial charge in [0.2, 0.25) is 0 Å². The molecule has 0 aliphatic heterocycles. The lowest BCUT2D eigenvalue weighted by Crippen LogP contribution is -2.06. The van der Waals surface area contributed by atoms with E-state index < -0.39 is 24.0 Å². The monoisotopic (exact) mass is 499 g/mol. The van der Waals surface area contributed by atoms with Crippen molar-refractivity contribution in [2.75, 3.05) is 0 Å². The molecule has 4 rings (SSSR count). The topological polar surface area (TPSA) is 22.1 Å². The van der Waals surface area contributed by atoms with Gasteiger partial charge in [0.05, 0.1) is 0 Å². The largest absolute Gasteiger partial charge is 0.429 e. The van der Waals surface area contributed by atoms with Crippen LogP contribution >= 0.6 is 0 Å². The van der Waals surface area contributed by atoms with Crippen molar-refractivity contribution in [2.45, 2.75) is 52.1 Å². The first-order valence-corrected chi connectivity index (χ1v) is 11.9. The molecule has 1 aromatic heterocycles. The van der Waals surface area contributed by atoms with Crippen molar-refractivity contribution in [1.29, 1.82) is 0 Å². The lowest BCUT2D eigenvalue weighted by atomic mass is 9.97. The standard InChI is InChI=1S/C29H26F5NO/c1-2-3-19-6-12-23(35-17-19)11-5-18-7-13-24-22(14-18)10-9-21(27(24)32)8-4-20-15-25(30)28(26(31)16-20)36-29(33)34/h6-7,9-10,12-17,29H,2-5,8,11H2,1H3. The number of hydrogen-bond donors (Lipinski definition) is 0. The molecule has 0 bridgehead atoms. The van der Waals surface area contributed by atoms with Crippen LogP contribution in [0.2, 0.25) is 0 Å². The highest BCUT2D eigenvalue weighted by Crippen LogP contribution is 2.27. The summed E-state index contributed by atoms with van der Waals surface area (Å²) < 4.78 is 71.6. The van der Waals surface area contributed by atoms with Gasteiger partial charge in [0, 0.05) is 17.3 Å². The van der Waals surface area contributed by atoms with Gasteiger partial charge in [-0.3, -0.25) is 4.98 Å². The van der Waals surface area contributed by atoms with E-state index in [4.69, 9.17) is 0 Å². The van der Waals surface area contributed by atoms with E-state index in [1.54, 1.807) is 12.1 Å². The summed E-state index contributed by atoms with van der Waals surface area (Å²) in [5.74, 6) is -3.94. The Labute approximate surface area is 206 Å². The zero-order chi connectivity index (χ0) is 25.7. The molecular weight excluding hydrogens is 473 g/mol. The van der Waals surface area contributed by atoms with Crippen molar-refractivity contribution in [1.82, 2.24) is 4.98 Å². The van der Waals surface area contributed by atoms with Crippen molar-refractivity contribution in [3.63, 3.8) is 0 Å². The fraction of sp³-hybridized carbons (Fsp3) is 0.276. The van der Waals surface area contributed by atoms with E-state index in [1.165, 1.54) is 5.56 Å². The van der Waals surface area contributed by atoms with Crippen molar-refractivity contribution >= 4 is 10.8 Å². The molecule has 0 spiro atoms. The summed E-state index contributed by atoms with van der Waals surface area (Å²) in [4.78, 5) is 4.53. The molecule has 4 aromatic rings. The summed E-state index contributed by atoms with van der Waals surface area (Å²) in [6, 6.07) is 15.1. The maximum Gasteiger partial charge on any atom is 0.387 e. The van der Waals surface area contributed by atoms with Crippen molar-refractivity contribution < 1.29 is 26.7 Å². The number of aryl methyl sites for hydroxylation is 5. The molecule has 0 atom stereocenters. The molecule has 1 heterocycles. The van der Waals surface area contributed by atoms with Crippen LogP contribution in [-0.4, -0.2) is 11.6 Å². The minimum atomic E-state index is -3.33. The van der Waals surface area contributed by atoms with Gasteiger partial charge in [0.15, 0.2) is 17.4 Å². The minimum absolute atomic E-state index is 0.132. The Morgan fingerprint density at radius 2 is 1.47 bits per heavy atom. The third kappa shape index (κ3) is 6.20. The van der Waals surface area contributed by atoms with Crippen LogP contribution in [0, 0.1) is 17.5 Å². The van der Waals surface area contributed by atoms with Gasteiger partial charge in [-0.25, -0.2) is 13.2 Å². The quantitative estimate of drug-likeness (QED) is 0.208. The van der Waals surface area contributed by atoms with Crippen LogP contribution in [0.4, 0.5) is 22.0 Å². The van der Waals surface area contributed by atoms with Gasteiger partial charge in [-0.2, -0.15) is 8.78 Å². The summed E-state index contributed by atoms with van der Waals surface area (Å²) in [6.07, 6.45) is 5.91. The van der Waals surface area contributed by atoms with Gasteiger partial charge < -0.3 is 4.74 Å². The maximum absolute atomic E-state index is 15.2. The van der Waals surface area contributed by atoms with Crippen LogP contribution in [0.15, 0.2) is 60.8 Å². The molecule has 36 heavy (non-hydrogen) atoms. The number of rotatable bonds is 10. The van der Waals surface area contributed by atoms with Gasteiger partial charge in [0.25, 0.3) is 0 Å². The van der Waals surface area contributed by atoms with Crippen molar-refractivity contribution in [3.8, 4) is 5.75 Å². The van der Waals surface area contributed by atoms with Crippen LogP contribution < -0.4 is 4.74 Å². The van der Waals surface area contributed by atoms with E-state index in [0.717, 1.165) is 54.5 Å². The molecule has 0 radical (unpaired) electrons. The van der Waals surface area contributed by atoms with Crippen LogP contribution in [-0.2, 0) is 32.1 Å². The minimum Gasteiger partial charge on any atom is -0.429 e. The zero-order valence-electron chi connectivity index (χ0n) is 19.8. The van der Waals surface area contributed by atoms with Gasteiger partial charge in [-0.15, -0.1) is 0 Å². The fourth-order valence-electron chi connectivity index (χ4n) is 4.28. The lowest BCUT2D eigenvalue weighted by molar-refractivity contribution is -0.0546. The molecule has 0 amide bonds. The van der Waals surface area contributed by atoms with Crippen LogP contribution in [0.5, 0.6) is 5.75 Å². The van der Waals surface area contributed by atoms with E-state index >= 15 is 4.39 Å². The van der Waals surface area contributed by atoms with Crippen molar-refractivity contribution in [2.24, 2.45) is 0 Å². The molecule has 0 saturated heterocycles. The van der Waals surface area contributed by atoms with E-state index in [-0.39, 0.29) is 24.2 Å². The lowest BCUT2D eigenvalue weighted by Gasteiger charge is -2.11. The van der Waals surface area contributed by atoms with E-state index in [1.807, 2.05) is 24.4 Å². The predicted octanol–water partition coefficient (Wildman–Crippen LogP) is 7.78. The molecule has 188 valence electrons. The molecule has 0 fully saturated rings. The molecule has 0 aliphatic rings. The highest BCUT2D eigenvalue weighted by atomic mass is 19.3. The average molecular weight is 500 g/mol. The van der Waals surface area contributed by atoms with E-state index in [9.17, 15) is 17.6 Å². The van der Waals surface area contributed by atoms with Gasteiger partial charge in [0.1, 0.15) is 5.82 Å². The number of ether oxygens (including phenoxy) is 1. The number of fused-ring (bicyclic) bond motifs is 1. The Balaban J connectivity index is 1.43. The zero-order valence-corrected chi connectivity index (χ0v) is 19.8. The first kappa shape index (κ1) is 25.6. The number of pyridine rings is 1. The SMILES string of the molecule is CCCc1ccc(CCc2ccc3c(F)c(CCc4cc(F)c(OC(F)F)c(F)c4)ccc3c2)nc1. The maximum atomic E-state index is 15.2. The molecular formula is C29H26F5NO. The second kappa shape index (κ2) is 11.5. The summed E-state index contributed by atoms with van der Waals surface area (Å²) in [7, 11) is 0. The molecule has 0 N–H and O–H groups in total. The smallest absolute Gasteiger partial charge is 0.387 e. The normalized spacial score (nSPS) is 11.4.